The molecule has 0 N–H and O–H groups in total. The summed E-state index contributed by atoms with van der Waals surface area (Å²) in [6.45, 7) is 8.37. The molecular formula is C15H23NO2. The first-order chi connectivity index (χ1) is 8.72. The highest BCUT2D eigenvalue weighted by atomic mass is 16.5. The molecule has 1 atom stereocenters. The lowest BCUT2D eigenvalue weighted by Gasteiger charge is -2.29. The fraction of sp³-hybridized carbons (Fsp3) is 0.533. The van der Waals surface area contributed by atoms with Gasteiger partial charge in [-0.05, 0) is 25.6 Å². The lowest BCUT2D eigenvalue weighted by atomic mass is 10.0. The highest BCUT2D eigenvalue weighted by Crippen LogP contribution is 2.24. The molecule has 100 valence electrons. The van der Waals surface area contributed by atoms with Crippen LogP contribution in [0.1, 0.15) is 38.8 Å². The summed E-state index contributed by atoms with van der Waals surface area (Å²) in [4.78, 5) is 14.0. The summed E-state index contributed by atoms with van der Waals surface area (Å²) in [6.07, 6.45) is 0.416. The molecule has 0 aromatic heterocycles. The third kappa shape index (κ3) is 4.15. The van der Waals surface area contributed by atoms with Gasteiger partial charge in [0.2, 0.25) is 0 Å². The minimum Gasteiger partial charge on any atom is -0.466 e. The van der Waals surface area contributed by atoms with Crippen molar-refractivity contribution in [3.63, 3.8) is 0 Å². The molecule has 0 amide bonds. The molecule has 0 aliphatic rings. The molecule has 0 bridgehead atoms. The third-order valence-electron chi connectivity index (χ3n) is 3.10. The number of esters is 1. The van der Waals surface area contributed by atoms with Crippen LogP contribution < -0.4 is 0 Å². The van der Waals surface area contributed by atoms with E-state index in [1.807, 2.05) is 25.1 Å². The fourth-order valence-electron chi connectivity index (χ4n) is 2.18. The van der Waals surface area contributed by atoms with Gasteiger partial charge in [0.15, 0.2) is 0 Å². The van der Waals surface area contributed by atoms with E-state index in [1.165, 1.54) is 5.56 Å². The largest absolute Gasteiger partial charge is 0.466 e. The topological polar surface area (TPSA) is 29.5 Å². The smallest absolute Gasteiger partial charge is 0.307 e. The van der Waals surface area contributed by atoms with Gasteiger partial charge in [0.25, 0.3) is 0 Å². The van der Waals surface area contributed by atoms with Gasteiger partial charge in [0.1, 0.15) is 0 Å². The summed E-state index contributed by atoms with van der Waals surface area (Å²) < 4.78 is 5.07. The summed E-state index contributed by atoms with van der Waals surface area (Å²) in [6, 6.07) is 10.3. The van der Waals surface area contributed by atoms with E-state index in [0.29, 0.717) is 13.0 Å². The number of rotatable bonds is 7. The second kappa shape index (κ2) is 7.88. The van der Waals surface area contributed by atoms with Crippen LogP contribution in [0.2, 0.25) is 0 Å². The van der Waals surface area contributed by atoms with Crippen molar-refractivity contribution in [1.82, 2.24) is 4.90 Å². The van der Waals surface area contributed by atoms with E-state index in [-0.39, 0.29) is 12.0 Å². The van der Waals surface area contributed by atoms with Crippen molar-refractivity contribution in [3.8, 4) is 0 Å². The lowest BCUT2D eigenvalue weighted by Crippen LogP contribution is -2.30. The molecule has 3 heteroatoms. The van der Waals surface area contributed by atoms with E-state index in [2.05, 4.69) is 30.9 Å². The zero-order valence-electron chi connectivity index (χ0n) is 11.6. The van der Waals surface area contributed by atoms with Crippen molar-refractivity contribution in [2.24, 2.45) is 0 Å². The van der Waals surface area contributed by atoms with Gasteiger partial charge in [0.05, 0.1) is 13.0 Å². The van der Waals surface area contributed by atoms with Crippen molar-refractivity contribution < 1.29 is 9.53 Å². The van der Waals surface area contributed by atoms with E-state index in [9.17, 15) is 4.79 Å². The minimum atomic E-state index is -0.127. The monoisotopic (exact) mass is 249 g/mol. The van der Waals surface area contributed by atoms with E-state index in [4.69, 9.17) is 4.74 Å². The number of hydrogen-bond donors (Lipinski definition) is 0. The normalized spacial score (nSPS) is 12.4. The van der Waals surface area contributed by atoms with Gasteiger partial charge in [-0.2, -0.15) is 0 Å². The Bertz CT molecular complexity index is 347. The van der Waals surface area contributed by atoms with Crippen LogP contribution in [-0.2, 0) is 9.53 Å². The molecule has 1 aromatic carbocycles. The number of carbonyl (C=O) groups excluding carboxylic acids is 1. The Morgan fingerprint density at radius 2 is 1.78 bits per heavy atom. The molecule has 0 aliphatic heterocycles. The molecule has 0 radical (unpaired) electrons. The number of carbonyl (C=O) groups is 1. The average molecular weight is 249 g/mol. The second-order valence-electron chi connectivity index (χ2n) is 4.16. The minimum absolute atomic E-state index is 0.111. The quantitative estimate of drug-likeness (QED) is 0.696. The standard InChI is InChI=1S/C15H23NO2/c1-4-16(5-2)14(12-15(17)18-6-3)13-10-8-7-9-11-13/h7-11,14H,4-6,12H2,1-3H3. The zero-order valence-corrected chi connectivity index (χ0v) is 11.6. The maximum atomic E-state index is 11.7. The van der Waals surface area contributed by atoms with Gasteiger partial charge in [-0.1, -0.05) is 44.2 Å². The van der Waals surface area contributed by atoms with Crippen LogP contribution in [-0.4, -0.2) is 30.6 Å². The lowest BCUT2D eigenvalue weighted by molar-refractivity contribution is -0.144. The number of nitrogens with zero attached hydrogens (tertiary/aromatic N) is 1. The van der Waals surface area contributed by atoms with Crippen molar-refractivity contribution in [2.45, 2.75) is 33.2 Å². The van der Waals surface area contributed by atoms with Crippen LogP contribution in [0.5, 0.6) is 0 Å². The predicted molar refractivity (Wildman–Crippen MR) is 73.4 cm³/mol. The molecule has 3 nitrogen and oxygen atoms in total. The molecular weight excluding hydrogens is 226 g/mol. The maximum Gasteiger partial charge on any atom is 0.307 e. The van der Waals surface area contributed by atoms with Crippen LogP contribution >= 0.6 is 0 Å². The Hall–Kier alpha value is -1.35. The molecule has 0 aliphatic carbocycles. The number of ether oxygens (including phenoxy) is 1. The molecule has 0 saturated carbocycles. The first-order valence-electron chi connectivity index (χ1n) is 6.67. The summed E-state index contributed by atoms with van der Waals surface area (Å²) in [7, 11) is 0. The van der Waals surface area contributed by atoms with Gasteiger partial charge in [-0.25, -0.2) is 0 Å². The Balaban J connectivity index is 2.85. The molecule has 1 aromatic rings. The molecule has 0 spiro atoms. The van der Waals surface area contributed by atoms with Gasteiger partial charge in [0, 0.05) is 6.04 Å². The Labute approximate surface area is 110 Å². The Morgan fingerprint density at radius 1 is 1.17 bits per heavy atom. The highest BCUT2D eigenvalue weighted by Gasteiger charge is 2.21. The van der Waals surface area contributed by atoms with Crippen LogP contribution in [0.25, 0.3) is 0 Å². The highest BCUT2D eigenvalue weighted by molar-refractivity contribution is 5.70. The van der Waals surface area contributed by atoms with Crippen LogP contribution in [0.4, 0.5) is 0 Å². The Morgan fingerprint density at radius 3 is 2.28 bits per heavy atom. The number of hydrogen-bond acceptors (Lipinski definition) is 3. The van der Waals surface area contributed by atoms with Gasteiger partial charge >= 0.3 is 5.97 Å². The molecule has 1 unspecified atom stereocenters. The second-order valence-corrected chi connectivity index (χ2v) is 4.16. The van der Waals surface area contributed by atoms with E-state index in [0.717, 1.165) is 13.1 Å². The van der Waals surface area contributed by atoms with E-state index in [1.54, 1.807) is 0 Å². The first-order valence-corrected chi connectivity index (χ1v) is 6.67. The number of benzene rings is 1. The summed E-state index contributed by atoms with van der Waals surface area (Å²) >= 11 is 0. The molecule has 18 heavy (non-hydrogen) atoms. The fourth-order valence-corrected chi connectivity index (χ4v) is 2.18. The predicted octanol–water partition coefficient (Wildman–Crippen LogP) is 3.02. The van der Waals surface area contributed by atoms with Crippen molar-refractivity contribution in [3.05, 3.63) is 35.9 Å². The zero-order chi connectivity index (χ0) is 13.4. The van der Waals surface area contributed by atoms with Crippen molar-refractivity contribution in [1.29, 1.82) is 0 Å². The molecule has 0 fully saturated rings. The summed E-state index contributed by atoms with van der Waals surface area (Å²) in [5.41, 5.74) is 1.18. The van der Waals surface area contributed by atoms with Crippen LogP contribution in [0, 0.1) is 0 Å². The molecule has 0 heterocycles. The van der Waals surface area contributed by atoms with Gasteiger partial charge in [-0.3, -0.25) is 9.69 Å². The summed E-state index contributed by atoms with van der Waals surface area (Å²) in [5, 5.41) is 0. The summed E-state index contributed by atoms with van der Waals surface area (Å²) in [5.74, 6) is -0.127. The van der Waals surface area contributed by atoms with Crippen molar-refractivity contribution >= 4 is 5.97 Å². The van der Waals surface area contributed by atoms with E-state index < -0.39 is 0 Å². The van der Waals surface area contributed by atoms with Crippen LogP contribution in [0.15, 0.2) is 30.3 Å². The first kappa shape index (κ1) is 14.7. The maximum absolute atomic E-state index is 11.7. The van der Waals surface area contributed by atoms with Gasteiger partial charge in [-0.15, -0.1) is 0 Å². The SMILES string of the molecule is CCOC(=O)CC(c1ccccc1)N(CC)CC. The average Bonchev–Trinajstić information content (AvgIpc) is 2.40. The van der Waals surface area contributed by atoms with Crippen LogP contribution in [0.3, 0.4) is 0 Å². The Kier molecular flexibility index (Phi) is 6.44. The van der Waals surface area contributed by atoms with E-state index >= 15 is 0 Å². The third-order valence-corrected chi connectivity index (χ3v) is 3.10. The molecule has 0 saturated heterocycles. The van der Waals surface area contributed by atoms with Gasteiger partial charge < -0.3 is 4.74 Å². The van der Waals surface area contributed by atoms with Crippen molar-refractivity contribution in [2.75, 3.05) is 19.7 Å². The molecule has 1 rings (SSSR count).